The second kappa shape index (κ2) is 13.6. The van der Waals surface area contributed by atoms with Gasteiger partial charge in [0.2, 0.25) is 5.91 Å². The van der Waals surface area contributed by atoms with Crippen molar-refractivity contribution < 1.29 is 28.7 Å². The van der Waals surface area contributed by atoms with Gasteiger partial charge in [0, 0.05) is 50.4 Å². The van der Waals surface area contributed by atoms with Gasteiger partial charge in [0.1, 0.15) is 22.8 Å². The monoisotopic (exact) mass is 653 g/mol. The molecule has 0 aliphatic carbocycles. The third kappa shape index (κ3) is 7.18. The van der Waals surface area contributed by atoms with Crippen LogP contribution in [0.1, 0.15) is 52.7 Å². The third-order valence-corrected chi connectivity index (χ3v) is 10.1. The van der Waals surface area contributed by atoms with E-state index in [0.29, 0.717) is 60.7 Å². The van der Waals surface area contributed by atoms with Crippen LogP contribution in [0, 0.1) is 19.7 Å². The minimum Gasteiger partial charge on any atom is -0.506 e. The van der Waals surface area contributed by atoms with E-state index in [1.807, 2.05) is 24.8 Å². The zero-order valence-corrected chi connectivity index (χ0v) is 26.9. The molecule has 6 rings (SSSR count). The van der Waals surface area contributed by atoms with Gasteiger partial charge >= 0.3 is 4.87 Å². The number of aliphatic hydroxyl groups excluding tert-OH is 1. The van der Waals surface area contributed by atoms with Crippen LogP contribution in [0.15, 0.2) is 39.6 Å². The molecule has 246 valence electrons. The lowest BCUT2D eigenvalue weighted by atomic mass is 9.88. The molecule has 1 spiro atoms. The molecule has 0 radical (unpaired) electrons. The normalized spacial score (nSPS) is 17.6. The first kappa shape index (κ1) is 32.3. The molecule has 0 bridgehead atoms. The van der Waals surface area contributed by atoms with E-state index in [4.69, 9.17) is 9.26 Å². The molecule has 2 saturated heterocycles. The number of aromatic nitrogens is 2. The summed E-state index contributed by atoms with van der Waals surface area (Å²) in [4.78, 5) is 31.4. The van der Waals surface area contributed by atoms with Crippen LogP contribution in [0.5, 0.6) is 5.75 Å². The van der Waals surface area contributed by atoms with Crippen molar-refractivity contribution in [3.63, 3.8) is 0 Å². The lowest BCUT2D eigenvalue weighted by Crippen LogP contribution is -2.58. The standard InChI is InChI=1S/C33H40FN5O6S/c1-20-26(21(2)45-37-20)16-29(42)39-11-12-44-33(19-39)6-9-38(10-7-33)18-23-13-22(14-24(34)15-23)5-8-35-17-28(41)25-3-4-27(40)30-31(25)46-32(43)36-30/h3-4,13-15,28,35,40-41H,5-12,16-19H2,1-2H3,(H,36,43)/t28-/m0/s1. The quantitative estimate of drug-likeness (QED) is 0.190. The number of nitrogens with zero attached hydrogens (tertiary/aromatic N) is 3. The van der Waals surface area contributed by atoms with Crippen LogP contribution < -0.4 is 10.2 Å². The first-order valence-corrected chi connectivity index (χ1v) is 16.5. The zero-order valence-electron chi connectivity index (χ0n) is 26.1. The number of thiazole rings is 1. The molecule has 4 heterocycles. The smallest absolute Gasteiger partial charge is 0.305 e. The molecule has 11 nitrogen and oxygen atoms in total. The molecule has 2 aliphatic rings. The van der Waals surface area contributed by atoms with Crippen LogP contribution >= 0.6 is 11.3 Å². The number of morpholine rings is 1. The number of phenolic OH excluding ortho intramolecular Hbond substituents is 1. The van der Waals surface area contributed by atoms with Gasteiger partial charge in [-0.1, -0.05) is 28.6 Å². The Morgan fingerprint density at radius 3 is 2.74 bits per heavy atom. The number of fused-ring (bicyclic) bond motifs is 1. The predicted molar refractivity (Wildman–Crippen MR) is 171 cm³/mol. The Morgan fingerprint density at radius 1 is 1.20 bits per heavy atom. The van der Waals surface area contributed by atoms with E-state index in [9.17, 15) is 24.2 Å². The van der Waals surface area contributed by atoms with Crippen LogP contribution in [0.3, 0.4) is 0 Å². The highest BCUT2D eigenvalue weighted by molar-refractivity contribution is 7.16. The van der Waals surface area contributed by atoms with Gasteiger partial charge in [-0.05, 0) is 69.0 Å². The van der Waals surface area contributed by atoms with Gasteiger partial charge < -0.3 is 34.7 Å². The molecule has 2 fully saturated rings. The highest BCUT2D eigenvalue weighted by Gasteiger charge is 2.41. The number of aryl methyl sites for hydroxylation is 2. The van der Waals surface area contributed by atoms with E-state index in [0.717, 1.165) is 59.7 Å². The van der Waals surface area contributed by atoms with Gasteiger partial charge in [-0.25, -0.2) is 4.39 Å². The Hall–Kier alpha value is -3.62. The molecule has 0 unspecified atom stereocenters. The lowest BCUT2D eigenvalue weighted by molar-refractivity contribution is -0.159. The number of likely N-dealkylation sites (tertiary alicyclic amines) is 1. The number of piperidine rings is 1. The van der Waals surface area contributed by atoms with Crippen molar-refractivity contribution in [3.8, 4) is 5.75 Å². The van der Waals surface area contributed by atoms with E-state index in [2.05, 4.69) is 20.4 Å². The Kier molecular flexibility index (Phi) is 9.57. The van der Waals surface area contributed by atoms with E-state index in [-0.39, 0.29) is 40.9 Å². The second-order valence-electron chi connectivity index (χ2n) is 12.4. The summed E-state index contributed by atoms with van der Waals surface area (Å²) in [6.45, 7) is 8.31. The van der Waals surface area contributed by atoms with Crippen molar-refractivity contribution >= 4 is 27.5 Å². The van der Waals surface area contributed by atoms with Crippen molar-refractivity contribution in [2.45, 2.75) is 57.8 Å². The van der Waals surface area contributed by atoms with E-state index < -0.39 is 6.10 Å². The number of aliphatic hydroxyl groups is 1. The number of benzene rings is 2. The summed E-state index contributed by atoms with van der Waals surface area (Å²) in [5.41, 5.74) is 3.91. The highest BCUT2D eigenvalue weighted by atomic mass is 32.1. The Bertz CT molecular complexity index is 1740. The number of hydrogen-bond acceptors (Lipinski definition) is 10. The van der Waals surface area contributed by atoms with Gasteiger partial charge in [-0.3, -0.25) is 14.5 Å². The number of aromatic amines is 1. The topological polar surface area (TPSA) is 144 Å². The van der Waals surface area contributed by atoms with Gasteiger partial charge in [0.25, 0.3) is 0 Å². The molecule has 2 aliphatic heterocycles. The van der Waals surface area contributed by atoms with Crippen molar-refractivity contribution in [3.05, 3.63) is 79.5 Å². The molecule has 1 amide bonds. The average molecular weight is 654 g/mol. The maximum absolute atomic E-state index is 14.6. The van der Waals surface area contributed by atoms with Crippen molar-refractivity contribution in [2.24, 2.45) is 0 Å². The molecule has 0 saturated carbocycles. The molecule has 4 N–H and O–H groups in total. The van der Waals surface area contributed by atoms with Crippen LogP contribution in [-0.2, 0) is 28.9 Å². The number of carbonyl (C=O) groups is 1. The zero-order chi connectivity index (χ0) is 32.4. The van der Waals surface area contributed by atoms with Crippen LogP contribution in [0.25, 0.3) is 10.2 Å². The summed E-state index contributed by atoms with van der Waals surface area (Å²) in [5, 5.41) is 27.9. The molecule has 46 heavy (non-hydrogen) atoms. The fourth-order valence-corrected chi connectivity index (χ4v) is 7.51. The van der Waals surface area contributed by atoms with E-state index >= 15 is 0 Å². The summed E-state index contributed by atoms with van der Waals surface area (Å²) >= 11 is 0.951. The number of H-pyrrole nitrogens is 1. The number of carbonyl (C=O) groups excluding carboxylic acids is 1. The Balaban J connectivity index is 0.983. The van der Waals surface area contributed by atoms with Gasteiger partial charge in [0.15, 0.2) is 0 Å². The summed E-state index contributed by atoms with van der Waals surface area (Å²) < 4.78 is 26.7. The number of amides is 1. The van der Waals surface area contributed by atoms with Crippen molar-refractivity contribution in [1.82, 2.24) is 25.3 Å². The minimum absolute atomic E-state index is 0.0331. The number of hydrogen-bond donors (Lipinski definition) is 4. The molecular weight excluding hydrogens is 613 g/mol. The summed E-state index contributed by atoms with van der Waals surface area (Å²) in [7, 11) is 0. The number of aromatic hydroxyl groups is 1. The second-order valence-corrected chi connectivity index (χ2v) is 13.4. The molecule has 2 aromatic carbocycles. The van der Waals surface area contributed by atoms with Gasteiger partial charge in [0.05, 0.1) is 35.1 Å². The molecule has 2 aromatic heterocycles. The van der Waals surface area contributed by atoms with Crippen molar-refractivity contribution in [2.75, 3.05) is 45.9 Å². The SMILES string of the molecule is Cc1noc(C)c1CC(=O)N1CCOC2(CCN(Cc3cc(F)cc(CCNC[C@H](O)c4ccc(O)c5[nH]c(=O)sc45)c3)CC2)C1. The third-order valence-electron chi connectivity index (χ3n) is 9.18. The summed E-state index contributed by atoms with van der Waals surface area (Å²) in [6.07, 6.45) is 1.57. The maximum Gasteiger partial charge on any atom is 0.305 e. The number of halogens is 1. The highest BCUT2D eigenvalue weighted by Crippen LogP contribution is 2.32. The molecule has 1 atom stereocenters. The molecule has 13 heteroatoms. The van der Waals surface area contributed by atoms with Crippen molar-refractivity contribution in [1.29, 1.82) is 0 Å². The number of nitrogens with one attached hydrogen (secondary N) is 2. The Morgan fingerprint density at radius 2 is 1.98 bits per heavy atom. The van der Waals surface area contributed by atoms with Crippen LogP contribution in [-0.4, -0.2) is 87.5 Å². The van der Waals surface area contributed by atoms with E-state index in [1.165, 1.54) is 12.1 Å². The van der Waals surface area contributed by atoms with Gasteiger partial charge in [-0.2, -0.15) is 0 Å². The molecule has 4 aromatic rings. The molecular formula is C33H40FN5O6S. The van der Waals surface area contributed by atoms with Crippen LogP contribution in [0.4, 0.5) is 4.39 Å². The maximum atomic E-state index is 14.6. The van der Waals surface area contributed by atoms with Crippen LogP contribution in [0.2, 0.25) is 0 Å². The summed E-state index contributed by atoms with van der Waals surface area (Å²) in [5.74, 6) is 0.433. The fraction of sp³-hybridized carbons (Fsp3) is 0.485. The fourth-order valence-electron chi connectivity index (χ4n) is 6.59. The largest absolute Gasteiger partial charge is 0.506 e. The van der Waals surface area contributed by atoms with E-state index in [1.54, 1.807) is 12.1 Å². The number of rotatable bonds is 10. The number of ether oxygens (including phenoxy) is 1. The number of phenols is 1. The first-order valence-electron chi connectivity index (χ1n) is 15.7. The van der Waals surface area contributed by atoms with Gasteiger partial charge in [-0.15, -0.1) is 0 Å². The lowest BCUT2D eigenvalue weighted by Gasteiger charge is -2.47. The Labute approximate surface area is 270 Å². The predicted octanol–water partition coefficient (Wildman–Crippen LogP) is 3.34. The average Bonchev–Trinajstić information content (AvgIpc) is 3.58. The first-order chi connectivity index (χ1) is 22.1. The summed E-state index contributed by atoms with van der Waals surface area (Å²) in [6, 6.07) is 8.22. The minimum atomic E-state index is -0.875.